The van der Waals surface area contributed by atoms with E-state index < -0.39 is 10.0 Å². The first-order valence-corrected chi connectivity index (χ1v) is 7.81. The molecule has 5 nitrogen and oxygen atoms in total. The quantitative estimate of drug-likeness (QED) is 0.846. The molecule has 0 aliphatic heterocycles. The van der Waals surface area contributed by atoms with Crippen LogP contribution in [0.2, 0.25) is 0 Å². The number of aryl methyl sites for hydroxylation is 1. The Kier molecular flexibility index (Phi) is 3.72. The number of hydrogen-bond acceptors (Lipinski definition) is 3. The number of benzene rings is 1. The molecule has 1 heterocycles. The average molecular weight is 330 g/mol. The van der Waals surface area contributed by atoms with E-state index in [2.05, 4.69) is 30.6 Å². The van der Waals surface area contributed by atoms with Crippen LogP contribution < -0.4 is 4.72 Å². The molecule has 0 fully saturated rings. The molecule has 0 saturated carbocycles. The van der Waals surface area contributed by atoms with E-state index in [4.69, 9.17) is 0 Å². The van der Waals surface area contributed by atoms with E-state index in [1.54, 1.807) is 19.1 Å². The molecule has 2 rings (SSSR count). The Balaban J connectivity index is 2.33. The number of sulfonamides is 1. The largest absolute Gasteiger partial charge is 0.332 e. The van der Waals surface area contributed by atoms with Crippen LogP contribution in [0.15, 0.2) is 35.5 Å². The van der Waals surface area contributed by atoms with Crippen molar-refractivity contribution in [2.75, 3.05) is 4.72 Å². The molecule has 18 heavy (non-hydrogen) atoms. The lowest BCUT2D eigenvalue weighted by atomic mass is 10.2. The van der Waals surface area contributed by atoms with Gasteiger partial charge in [0.1, 0.15) is 5.82 Å². The van der Waals surface area contributed by atoms with Gasteiger partial charge < -0.3 is 4.98 Å². The summed E-state index contributed by atoms with van der Waals surface area (Å²) in [5.41, 5.74) is 1.43. The van der Waals surface area contributed by atoms with Gasteiger partial charge in [0.15, 0.2) is 5.03 Å². The molecule has 0 spiro atoms. The van der Waals surface area contributed by atoms with Crippen molar-refractivity contribution in [2.45, 2.75) is 17.3 Å². The number of halogens is 1. The molecule has 0 amide bonds. The Morgan fingerprint density at radius 2 is 2.11 bits per heavy atom. The fraction of sp³-hybridized carbons (Fsp3) is 0.182. The summed E-state index contributed by atoms with van der Waals surface area (Å²) in [7, 11) is -3.61. The Morgan fingerprint density at radius 1 is 1.39 bits per heavy atom. The van der Waals surface area contributed by atoms with Crippen LogP contribution in [0, 0.1) is 6.92 Å². The highest BCUT2D eigenvalue weighted by atomic mass is 79.9. The molecule has 2 N–H and O–H groups in total. The first-order chi connectivity index (χ1) is 8.53. The van der Waals surface area contributed by atoms with Gasteiger partial charge in [-0.05, 0) is 18.6 Å². The molecule has 0 saturated heterocycles. The summed E-state index contributed by atoms with van der Waals surface area (Å²) in [5.74, 6) is 0.559. The lowest BCUT2D eigenvalue weighted by Crippen LogP contribution is -2.14. The number of aromatic nitrogens is 2. The lowest BCUT2D eigenvalue weighted by Gasteiger charge is -2.09. The molecule has 0 aliphatic rings. The number of H-pyrrole nitrogens is 1. The topological polar surface area (TPSA) is 74.8 Å². The highest BCUT2D eigenvalue weighted by Gasteiger charge is 2.17. The standard InChI is InChI=1S/C11H12BrN3O2S/c1-8-13-7-11(14-8)18(16,17)15-10-5-3-2-4-9(10)6-12/h2-5,7,15H,6H2,1H3,(H,13,14). The van der Waals surface area contributed by atoms with Crippen LogP contribution in [0.5, 0.6) is 0 Å². The number of aromatic amines is 1. The number of para-hydroxylation sites is 1. The average Bonchev–Trinajstić information content (AvgIpc) is 2.77. The maximum atomic E-state index is 12.1. The van der Waals surface area contributed by atoms with Crippen LogP contribution in [-0.4, -0.2) is 18.4 Å². The summed E-state index contributed by atoms with van der Waals surface area (Å²) in [4.78, 5) is 6.58. The van der Waals surface area contributed by atoms with E-state index in [0.717, 1.165) is 5.56 Å². The molecule has 7 heteroatoms. The molecule has 1 aromatic heterocycles. The number of rotatable bonds is 4. The van der Waals surface area contributed by atoms with Crippen molar-refractivity contribution in [1.82, 2.24) is 9.97 Å². The predicted octanol–water partition coefficient (Wildman–Crippen LogP) is 2.41. The van der Waals surface area contributed by atoms with Gasteiger partial charge in [-0.25, -0.2) is 4.98 Å². The smallest absolute Gasteiger partial charge is 0.278 e. The van der Waals surface area contributed by atoms with Gasteiger partial charge >= 0.3 is 0 Å². The van der Waals surface area contributed by atoms with E-state index in [9.17, 15) is 8.42 Å². The zero-order valence-electron chi connectivity index (χ0n) is 9.64. The number of alkyl halides is 1. The monoisotopic (exact) mass is 329 g/mol. The van der Waals surface area contributed by atoms with Gasteiger partial charge in [0, 0.05) is 5.33 Å². The van der Waals surface area contributed by atoms with E-state index in [1.165, 1.54) is 6.20 Å². The minimum absolute atomic E-state index is 0.0596. The molecule has 0 aliphatic carbocycles. The number of imidazole rings is 1. The summed E-state index contributed by atoms with van der Waals surface area (Å²) in [6, 6.07) is 7.21. The third-order valence-corrected chi connectivity index (χ3v) is 4.25. The van der Waals surface area contributed by atoms with Crippen LogP contribution in [0.3, 0.4) is 0 Å². The zero-order chi connectivity index (χ0) is 13.2. The minimum atomic E-state index is -3.61. The van der Waals surface area contributed by atoms with E-state index in [0.29, 0.717) is 16.8 Å². The Morgan fingerprint density at radius 3 is 2.72 bits per heavy atom. The van der Waals surface area contributed by atoms with Gasteiger partial charge in [-0.1, -0.05) is 34.1 Å². The summed E-state index contributed by atoms with van der Waals surface area (Å²) < 4.78 is 26.7. The van der Waals surface area contributed by atoms with Crippen molar-refractivity contribution in [3.05, 3.63) is 41.9 Å². The normalized spacial score (nSPS) is 11.4. The second kappa shape index (κ2) is 5.11. The van der Waals surface area contributed by atoms with Crippen molar-refractivity contribution in [3.63, 3.8) is 0 Å². The van der Waals surface area contributed by atoms with Crippen LogP contribution in [0.4, 0.5) is 5.69 Å². The summed E-state index contributed by atoms with van der Waals surface area (Å²) in [5, 5.41) is 0.637. The van der Waals surface area contributed by atoms with Gasteiger partial charge in [-0.15, -0.1) is 0 Å². The first-order valence-electron chi connectivity index (χ1n) is 5.21. The van der Waals surface area contributed by atoms with Gasteiger partial charge in [-0.3, -0.25) is 4.72 Å². The van der Waals surface area contributed by atoms with Gasteiger partial charge in [0.2, 0.25) is 0 Å². The Bertz CT molecular complexity index is 652. The Labute approximate surface area is 114 Å². The maximum absolute atomic E-state index is 12.1. The van der Waals surface area contributed by atoms with Crippen LogP contribution in [0.25, 0.3) is 0 Å². The van der Waals surface area contributed by atoms with Crippen molar-refractivity contribution in [1.29, 1.82) is 0 Å². The van der Waals surface area contributed by atoms with E-state index in [1.807, 2.05) is 12.1 Å². The fourth-order valence-corrected chi connectivity index (χ4v) is 3.03. The molecule has 0 atom stereocenters. The predicted molar refractivity (Wildman–Crippen MR) is 73.2 cm³/mol. The summed E-state index contributed by atoms with van der Waals surface area (Å²) in [6.07, 6.45) is 1.30. The van der Waals surface area contributed by atoms with Crippen LogP contribution >= 0.6 is 15.9 Å². The van der Waals surface area contributed by atoms with Gasteiger partial charge in [0.25, 0.3) is 10.0 Å². The molecule has 0 radical (unpaired) electrons. The van der Waals surface area contributed by atoms with Crippen LogP contribution in [-0.2, 0) is 15.4 Å². The molecule has 1 aromatic carbocycles. The fourth-order valence-electron chi connectivity index (χ4n) is 1.47. The van der Waals surface area contributed by atoms with Crippen molar-refractivity contribution >= 4 is 31.6 Å². The highest BCUT2D eigenvalue weighted by molar-refractivity contribution is 9.08. The zero-order valence-corrected chi connectivity index (χ0v) is 12.0. The Hall–Kier alpha value is -1.34. The minimum Gasteiger partial charge on any atom is -0.332 e. The number of hydrogen-bond donors (Lipinski definition) is 2. The molecular weight excluding hydrogens is 318 g/mol. The third kappa shape index (κ3) is 2.73. The van der Waals surface area contributed by atoms with Gasteiger partial charge in [-0.2, -0.15) is 8.42 Å². The molecule has 2 aromatic rings. The maximum Gasteiger partial charge on any atom is 0.278 e. The van der Waals surface area contributed by atoms with E-state index in [-0.39, 0.29) is 5.03 Å². The second-order valence-electron chi connectivity index (χ2n) is 3.73. The van der Waals surface area contributed by atoms with Crippen LogP contribution in [0.1, 0.15) is 11.4 Å². The van der Waals surface area contributed by atoms with Crippen molar-refractivity contribution in [2.24, 2.45) is 0 Å². The molecule has 0 unspecified atom stereocenters. The lowest BCUT2D eigenvalue weighted by molar-refractivity contribution is 0.598. The summed E-state index contributed by atoms with van der Waals surface area (Å²) in [6.45, 7) is 1.70. The first kappa shape index (κ1) is 13.1. The second-order valence-corrected chi connectivity index (χ2v) is 5.94. The third-order valence-electron chi connectivity index (χ3n) is 2.37. The molecular formula is C11H12BrN3O2S. The van der Waals surface area contributed by atoms with Crippen molar-refractivity contribution in [3.8, 4) is 0 Å². The SMILES string of the molecule is Cc1ncc(S(=O)(=O)Nc2ccccc2CBr)[nH]1. The number of anilines is 1. The number of nitrogens with zero attached hydrogens (tertiary/aromatic N) is 1. The molecule has 96 valence electrons. The van der Waals surface area contributed by atoms with E-state index >= 15 is 0 Å². The number of nitrogens with one attached hydrogen (secondary N) is 2. The highest BCUT2D eigenvalue weighted by Crippen LogP contribution is 2.21. The molecule has 0 bridgehead atoms. The van der Waals surface area contributed by atoms with Crippen molar-refractivity contribution < 1.29 is 8.42 Å². The summed E-state index contributed by atoms with van der Waals surface area (Å²) >= 11 is 3.32. The van der Waals surface area contributed by atoms with Gasteiger partial charge in [0.05, 0.1) is 11.9 Å².